The minimum atomic E-state index is -3.84. The van der Waals surface area contributed by atoms with Crippen LogP contribution in [0, 0.1) is 5.92 Å². The lowest BCUT2D eigenvalue weighted by atomic mass is 9.97. The number of sulfonamides is 1. The molecule has 6 nitrogen and oxygen atoms in total. The molecule has 0 fully saturated rings. The number of rotatable bonds is 7. The van der Waals surface area contributed by atoms with Crippen LogP contribution in [0.4, 0.5) is 0 Å². The normalized spacial score (nSPS) is 12.5. The first-order valence-corrected chi connectivity index (χ1v) is 11.5. The maximum Gasteiger partial charge on any atom is 0.238 e. The molecule has 0 radical (unpaired) electrons. The van der Waals surface area contributed by atoms with E-state index in [1.807, 2.05) is 47.2 Å². The van der Waals surface area contributed by atoms with Crippen molar-refractivity contribution in [3.05, 3.63) is 71.8 Å². The van der Waals surface area contributed by atoms with Crippen LogP contribution in [0.25, 0.3) is 11.1 Å². The van der Waals surface area contributed by atoms with Crippen molar-refractivity contribution in [3.8, 4) is 11.1 Å². The molecule has 0 aliphatic rings. The summed E-state index contributed by atoms with van der Waals surface area (Å²) in [6.07, 6.45) is 4.35. The van der Waals surface area contributed by atoms with E-state index < -0.39 is 15.6 Å². The number of primary sulfonamides is 1. The fourth-order valence-electron chi connectivity index (χ4n) is 3.60. The molecule has 0 aliphatic carbocycles. The predicted molar refractivity (Wildman–Crippen MR) is 118 cm³/mol. The zero-order chi connectivity index (χ0) is 22.1. The van der Waals surface area contributed by atoms with Crippen molar-refractivity contribution >= 4 is 10.0 Å². The van der Waals surface area contributed by atoms with E-state index in [0.717, 1.165) is 23.1 Å². The van der Waals surface area contributed by atoms with Crippen molar-refractivity contribution < 1.29 is 13.5 Å². The molecule has 160 valence electrons. The van der Waals surface area contributed by atoms with Crippen molar-refractivity contribution in [2.24, 2.45) is 11.1 Å². The molecule has 30 heavy (non-hydrogen) atoms. The fraction of sp³-hybridized carbons (Fsp3) is 0.348. The monoisotopic (exact) mass is 427 g/mol. The van der Waals surface area contributed by atoms with Crippen LogP contribution in [-0.2, 0) is 28.6 Å². The molecular formula is C23H29N3O3S. The van der Waals surface area contributed by atoms with Gasteiger partial charge in [-0.1, -0.05) is 44.2 Å². The lowest BCUT2D eigenvalue weighted by molar-refractivity contribution is 0.0652. The Morgan fingerprint density at radius 2 is 1.73 bits per heavy atom. The third-order valence-electron chi connectivity index (χ3n) is 4.88. The van der Waals surface area contributed by atoms with E-state index >= 15 is 0 Å². The number of aliphatic hydroxyl groups is 1. The smallest absolute Gasteiger partial charge is 0.238 e. The SMILES string of the molecule is CC(C)Cc1ccc(S(N)(=O)=O)c(-c2ccc(Cn3ccnc3C(C)(C)O)cc2)c1. The van der Waals surface area contributed by atoms with E-state index in [2.05, 4.69) is 18.8 Å². The van der Waals surface area contributed by atoms with Gasteiger partial charge in [0.2, 0.25) is 10.0 Å². The first-order chi connectivity index (χ1) is 13.9. The van der Waals surface area contributed by atoms with E-state index in [1.165, 1.54) is 0 Å². The Labute approximate surface area is 178 Å². The minimum Gasteiger partial charge on any atom is -0.383 e. The number of benzene rings is 2. The summed E-state index contributed by atoms with van der Waals surface area (Å²) in [6, 6.07) is 13.0. The Hall–Kier alpha value is -2.48. The van der Waals surface area contributed by atoms with Crippen molar-refractivity contribution in [2.45, 2.75) is 51.2 Å². The highest BCUT2D eigenvalue weighted by Crippen LogP contribution is 2.29. The van der Waals surface area contributed by atoms with Crippen molar-refractivity contribution in [1.82, 2.24) is 9.55 Å². The van der Waals surface area contributed by atoms with E-state index in [-0.39, 0.29) is 4.90 Å². The van der Waals surface area contributed by atoms with Gasteiger partial charge in [0.25, 0.3) is 0 Å². The first kappa shape index (κ1) is 22.2. The summed E-state index contributed by atoms with van der Waals surface area (Å²) >= 11 is 0. The largest absolute Gasteiger partial charge is 0.383 e. The summed E-state index contributed by atoms with van der Waals surface area (Å²) in [6.45, 7) is 8.21. The summed E-state index contributed by atoms with van der Waals surface area (Å²) in [7, 11) is -3.84. The van der Waals surface area contributed by atoms with Gasteiger partial charge in [0.1, 0.15) is 11.4 Å². The van der Waals surface area contributed by atoms with Crippen molar-refractivity contribution in [3.63, 3.8) is 0 Å². The Kier molecular flexibility index (Phi) is 6.17. The molecule has 3 rings (SSSR count). The Morgan fingerprint density at radius 1 is 1.10 bits per heavy atom. The fourth-order valence-corrected chi connectivity index (χ4v) is 4.34. The molecule has 3 aromatic rings. The van der Waals surface area contributed by atoms with Crippen LogP contribution in [0.15, 0.2) is 59.8 Å². The van der Waals surface area contributed by atoms with Gasteiger partial charge in [-0.2, -0.15) is 0 Å². The van der Waals surface area contributed by atoms with Crippen LogP contribution in [0.5, 0.6) is 0 Å². The Balaban J connectivity index is 1.95. The van der Waals surface area contributed by atoms with Crippen molar-refractivity contribution in [1.29, 1.82) is 0 Å². The van der Waals surface area contributed by atoms with E-state index in [0.29, 0.717) is 23.9 Å². The highest BCUT2D eigenvalue weighted by Gasteiger charge is 2.22. The molecule has 0 spiro atoms. The number of aromatic nitrogens is 2. The maximum absolute atomic E-state index is 12.1. The van der Waals surface area contributed by atoms with Gasteiger partial charge in [-0.15, -0.1) is 0 Å². The molecule has 0 saturated heterocycles. The second-order valence-electron chi connectivity index (χ2n) is 8.61. The van der Waals surface area contributed by atoms with E-state index in [1.54, 1.807) is 26.1 Å². The van der Waals surface area contributed by atoms with E-state index in [4.69, 9.17) is 5.14 Å². The second kappa shape index (κ2) is 8.34. The van der Waals surface area contributed by atoms with Crippen LogP contribution in [0.1, 0.15) is 44.6 Å². The van der Waals surface area contributed by atoms with Crippen LogP contribution in [0.2, 0.25) is 0 Å². The summed E-state index contributed by atoms with van der Waals surface area (Å²) < 4.78 is 26.1. The molecule has 0 saturated carbocycles. The van der Waals surface area contributed by atoms with Crippen LogP contribution in [0.3, 0.4) is 0 Å². The quantitative estimate of drug-likeness (QED) is 0.601. The molecule has 3 N–H and O–H groups in total. The Bertz CT molecular complexity index is 1130. The molecule has 1 heterocycles. The third-order valence-corrected chi connectivity index (χ3v) is 5.84. The Morgan fingerprint density at radius 3 is 2.30 bits per heavy atom. The van der Waals surface area contributed by atoms with Crippen molar-refractivity contribution in [2.75, 3.05) is 0 Å². The van der Waals surface area contributed by atoms with Crippen LogP contribution < -0.4 is 5.14 Å². The summed E-state index contributed by atoms with van der Waals surface area (Å²) in [5.74, 6) is 1.05. The van der Waals surface area contributed by atoms with Gasteiger partial charge in [-0.3, -0.25) is 0 Å². The minimum absolute atomic E-state index is 0.127. The average Bonchev–Trinajstić information content (AvgIpc) is 3.09. The molecule has 0 amide bonds. The maximum atomic E-state index is 12.1. The third kappa shape index (κ3) is 5.16. The standard InChI is InChI=1S/C23H29N3O3S/c1-16(2)13-18-7-10-21(30(24,28)29)20(14-18)19-8-5-17(6-9-19)15-26-12-11-25-22(26)23(3,4)27/h5-12,14,16,27H,13,15H2,1-4H3,(H2,24,28,29). The first-order valence-electron chi connectivity index (χ1n) is 9.94. The van der Waals surface area contributed by atoms with Gasteiger partial charge in [-0.05, 0) is 55.0 Å². The molecule has 7 heteroatoms. The summed E-state index contributed by atoms with van der Waals surface area (Å²) in [5, 5.41) is 15.7. The van der Waals surface area contributed by atoms with Gasteiger partial charge in [-0.25, -0.2) is 18.5 Å². The zero-order valence-electron chi connectivity index (χ0n) is 17.8. The molecule has 0 atom stereocenters. The molecule has 0 aliphatic heterocycles. The molecular weight excluding hydrogens is 398 g/mol. The highest BCUT2D eigenvalue weighted by atomic mass is 32.2. The van der Waals surface area contributed by atoms with E-state index in [9.17, 15) is 13.5 Å². The highest BCUT2D eigenvalue weighted by molar-refractivity contribution is 7.89. The number of nitrogens with zero attached hydrogens (tertiary/aromatic N) is 2. The number of imidazole rings is 1. The number of hydrogen-bond donors (Lipinski definition) is 2. The summed E-state index contributed by atoms with van der Waals surface area (Å²) in [4.78, 5) is 4.38. The molecule has 0 unspecified atom stereocenters. The lowest BCUT2D eigenvalue weighted by Crippen LogP contribution is -2.22. The topological polar surface area (TPSA) is 98.2 Å². The van der Waals surface area contributed by atoms with Gasteiger partial charge in [0, 0.05) is 24.5 Å². The molecule has 1 aromatic heterocycles. The number of hydrogen-bond acceptors (Lipinski definition) is 4. The van der Waals surface area contributed by atoms with Gasteiger partial charge in [0.05, 0.1) is 4.90 Å². The van der Waals surface area contributed by atoms with Crippen LogP contribution in [-0.4, -0.2) is 23.1 Å². The zero-order valence-corrected chi connectivity index (χ0v) is 18.6. The average molecular weight is 428 g/mol. The van der Waals surface area contributed by atoms with Gasteiger partial charge in [0.15, 0.2) is 0 Å². The van der Waals surface area contributed by atoms with Gasteiger partial charge < -0.3 is 9.67 Å². The molecule has 0 bridgehead atoms. The van der Waals surface area contributed by atoms with Gasteiger partial charge >= 0.3 is 0 Å². The number of nitrogens with two attached hydrogens (primary N) is 1. The molecule has 2 aromatic carbocycles. The predicted octanol–water partition coefficient (Wildman–Crippen LogP) is 3.67. The van der Waals surface area contributed by atoms with Crippen LogP contribution >= 0.6 is 0 Å². The summed E-state index contributed by atoms with van der Waals surface area (Å²) in [5.41, 5.74) is 2.45. The lowest BCUT2D eigenvalue weighted by Gasteiger charge is -2.19. The second-order valence-corrected chi connectivity index (χ2v) is 10.1.